The van der Waals surface area contributed by atoms with Gasteiger partial charge in [-0.15, -0.1) is 0 Å². The molecular formula is C12H14ClNO. The fourth-order valence-electron chi connectivity index (χ4n) is 2.48. The second-order valence-electron chi connectivity index (χ2n) is 4.33. The van der Waals surface area contributed by atoms with Crippen LogP contribution in [-0.4, -0.2) is 12.1 Å². The Morgan fingerprint density at radius 3 is 3.07 bits per heavy atom. The van der Waals surface area contributed by atoms with Crippen LogP contribution in [0, 0.1) is 0 Å². The fourth-order valence-corrected chi connectivity index (χ4v) is 2.64. The SMILES string of the molecule is Clc1ccc2c(c1)OC1CCCCC1N2. The van der Waals surface area contributed by atoms with Gasteiger partial charge in [-0.1, -0.05) is 18.0 Å². The van der Waals surface area contributed by atoms with Crippen molar-refractivity contribution in [1.29, 1.82) is 0 Å². The lowest BCUT2D eigenvalue weighted by atomic mass is 9.91. The summed E-state index contributed by atoms with van der Waals surface area (Å²) in [6.45, 7) is 0. The molecule has 0 spiro atoms. The van der Waals surface area contributed by atoms with Crippen LogP contribution in [0.5, 0.6) is 5.75 Å². The molecule has 1 aliphatic carbocycles. The number of anilines is 1. The Kier molecular flexibility index (Phi) is 2.24. The number of rotatable bonds is 0. The Bertz CT molecular complexity index is 380. The predicted octanol–water partition coefficient (Wildman–Crippen LogP) is 3.46. The van der Waals surface area contributed by atoms with E-state index in [4.69, 9.17) is 16.3 Å². The zero-order chi connectivity index (χ0) is 10.3. The van der Waals surface area contributed by atoms with Crippen molar-refractivity contribution in [1.82, 2.24) is 0 Å². The minimum Gasteiger partial charge on any atom is -0.486 e. The predicted molar refractivity (Wildman–Crippen MR) is 61.7 cm³/mol. The summed E-state index contributed by atoms with van der Waals surface area (Å²) in [5, 5.41) is 4.28. The number of fused-ring (bicyclic) bond motifs is 2. The molecule has 2 aliphatic rings. The topological polar surface area (TPSA) is 21.3 Å². The summed E-state index contributed by atoms with van der Waals surface area (Å²) in [7, 11) is 0. The summed E-state index contributed by atoms with van der Waals surface area (Å²) >= 11 is 5.94. The highest BCUT2D eigenvalue weighted by molar-refractivity contribution is 6.30. The van der Waals surface area contributed by atoms with Gasteiger partial charge in [-0.3, -0.25) is 0 Å². The van der Waals surface area contributed by atoms with Crippen LogP contribution >= 0.6 is 11.6 Å². The van der Waals surface area contributed by atoms with Crippen LogP contribution in [0.15, 0.2) is 18.2 Å². The third-order valence-corrected chi connectivity index (χ3v) is 3.50. The first-order valence-electron chi connectivity index (χ1n) is 5.56. The van der Waals surface area contributed by atoms with Crippen LogP contribution in [0.4, 0.5) is 5.69 Å². The standard InChI is InChI=1S/C12H14ClNO/c13-8-5-6-10-12(7-8)15-11-4-2-1-3-9(11)14-10/h5-7,9,11,14H,1-4H2. The molecular weight excluding hydrogens is 210 g/mol. The average Bonchev–Trinajstić information content (AvgIpc) is 2.26. The van der Waals surface area contributed by atoms with Gasteiger partial charge in [0.25, 0.3) is 0 Å². The molecule has 2 atom stereocenters. The van der Waals surface area contributed by atoms with Gasteiger partial charge in [0.15, 0.2) is 0 Å². The van der Waals surface area contributed by atoms with Crippen LogP contribution in [0.2, 0.25) is 5.02 Å². The number of benzene rings is 1. The van der Waals surface area contributed by atoms with Crippen molar-refractivity contribution in [3.63, 3.8) is 0 Å². The molecule has 15 heavy (non-hydrogen) atoms. The molecule has 0 saturated heterocycles. The van der Waals surface area contributed by atoms with E-state index in [1.54, 1.807) is 0 Å². The van der Waals surface area contributed by atoms with E-state index in [1.165, 1.54) is 19.3 Å². The van der Waals surface area contributed by atoms with Gasteiger partial charge in [0.1, 0.15) is 11.9 Å². The van der Waals surface area contributed by atoms with Crippen molar-refractivity contribution in [2.75, 3.05) is 5.32 Å². The van der Waals surface area contributed by atoms with E-state index >= 15 is 0 Å². The summed E-state index contributed by atoms with van der Waals surface area (Å²) in [6.07, 6.45) is 5.29. The fraction of sp³-hybridized carbons (Fsp3) is 0.500. The number of hydrogen-bond donors (Lipinski definition) is 1. The van der Waals surface area contributed by atoms with E-state index in [2.05, 4.69) is 5.32 Å². The molecule has 0 radical (unpaired) electrons. The molecule has 2 nitrogen and oxygen atoms in total. The van der Waals surface area contributed by atoms with Gasteiger partial charge >= 0.3 is 0 Å². The maximum absolute atomic E-state index is 5.97. The maximum Gasteiger partial charge on any atom is 0.144 e. The van der Waals surface area contributed by atoms with E-state index in [0.29, 0.717) is 12.1 Å². The molecule has 1 N–H and O–H groups in total. The second-order valence-corrected chi connectivity index (χ2v) is 4.77. The van der Waals surface area contributed by atoms with Crippen molar-refractivity contribution < 1.29 is 4.74 Å². The summed E-state index contributed by atoms with van der Waals surface area (Å²) in [5.74, 6) is 0.908. The molecule has 1 heterocycles. The molecule has 3 rings (SSSR count). The monoisotopic (exact) mass is 223 g/mol. The number of hydrogen-bond acceptors (Lipinski definition) is 2. The van der Waals surface area contributed by atoms with E-state index < -0.39 is 0 Å². The molecule has 2 unspecified atom stereocenters. The third kappa shape index (κ3) is 1.67. The molecule has 1 aromatic carbocycles. The molecule has 3 heteroatoms. The molecule has 1 fully saturated rings. The largest absolute Gasteiger partial charge is 0.486 e. The van der Waals surface area contributed by atoms with Gasteiger partial charge < -0.3 is 10.1 Å². The minimum atomic E-state index is 0.338. The third-order valence-electron chi connectivity index (χ3n) is 3.27. The van der Waals surface area contributed by atoms with Crippen LogP contribution in [0.1, 0.15) is 25.7 Å². The molecule has 1 aromatic rings. The molecule has 0 bridgehead atoms. The van der Waals surface area contributed by atoms with Gasteiger partial charge in [0.05, 0.1) is 11.7 Å². The molecule has 1 aliphatic heterocycles. The molecule has 80 valence electrons. The Hall–Kier alpha value is -0.890. The lowest BCUT2D eigenvalue weighted by Gasteiger charge is -2.38. The molecule has 1 saturated carbocycles. The normalized spacial score (nSPS) is 28.3. The zero-order valence-corrected chi connectivity index (χ0v) is 9.26. The van der Waals surface area contributed by atoms with Gasteiger partial charge in [0, 0.05) is 11.1 Å². The highest BCUT2D eigenvalue weighted by atomic mass is 35.5. The Morgan fingerprint density at radius 2 is 2.13 bits per heavy atom. The maximum atomic E-state index is 5.97. The van der Waals surface area contributed by atoms with Crippen LogP contribution in [0.25, 0.3) is 0 Å². The van der Waals surface area contributed by atoms with E-state index in [0.717, 1.165) is 22.9 Å². The van der Waals surface area contributed by atoms with E-state index in [1.807, 2.05) is 18.2 Å². The highest BCUT2D eigenvalue weighted by Crippen LogP contribution is 2.37. The second kappa shape index (κ2) is 3.60. The van der Waals surface area contributed by atoms with Crippen molar-refractivity contribution in [2.45, 2.75) is 37.8 Å². The first kappa shape index (κ1) is 9.34. The van der Waals surface area contributed by atoms with E-state index in [9.17, 15) is 0 Å². The summed E-state index contributed by atoms with van der Waals surface area (Å²) < 4.78 is 5.97. The molecule has 0 aromatic heterocycles. The quantitative estimate of drug-likeness (QED) is 0.728. The van der Waals surface area contributed by atoms with Crippen molar-refractivity contribution in [2.24, 2.45) is 0 Å². The zero-order valence-electron chi connectivity index (χ0n) is 8.50. The van der Waals surface area contributed by atoms with Crippen LogP contribution in [0.3, 0.4) is 0 Å². The van der Waals surface area contributed by atoms with Gasteiger partial charge in [-0.05, 0) is 31.4 Å². The van der Waals surface area contributed by atoms with Crippen molar-refractivity contribution >= 4 is 17.3 Å². The lowest BCUT2D eigenvalue weighted by molar-refractivity contribution is 0.131. The molecule has 0 amide bonds. The number of ether oxygens (including phenoxy) is 1. The summed E-state index contributed by atoms with van der Waals surface area (Å²) in [6, 6.07) is 6.30. The van der Waals surface area contributed by atoms with Gasteiger partial charge in [-0.2, -0.15) is 0 Å². The van der Waals surface area contributed by atoms with Gasteiger partial charge in [-0.25, -0.2) is 0 Å². The average molecular weight is 224 g/mol. The van der Waals surface area contributed by atoms with Crippen molar-refractivity contribution in [3.05, 3.63) is 23.2 Å². The highest BCUT2D eigenvalue weighted by Gasteiger charge is 2.31. The summed E-state index contributed by atoms with van der Waals surface area (Å²) in [4.78, 5) is 0. The first-order chi connectivity index (χ1) is 7.33. The Balaban J connectivity index is 1.92. The Morgan fingerprint density at radius 1 is 1.27 bits per heavy atom. The lowest BCUT2D eigenvalue weighted by Crippen LogP contribution is -2.43. The summed E-state index contributed by atoms with van der Waals surface area (Å²) in [5.41, 5.74) is 1.09. The number of halogens is 1. The Labute approximate surface area is 94.6 Å². The van der Waals surface area contributed by atoms with Crippen molar-refractivity contribution in [3.8, 4) is 5.75 Å². The number of nitrogens with one attached hydrogen (secondary N) is 1. The smallest absolute Gasteiger partial charge is 0.144 e. The van der Waals surface area contributed by atoms with Crippen LogP contribution < -0.4 is 10.1 Å². The van der Waals surface area contributed by atoms with Crippen LogP contribution in [-0.2, 0) is 0 Å². The minimum absolute atomic E-state index is 0.338. The first-order valence-corrected chi connectivity index (χ1v) is 5.93. The van der Waals surface area contributed by atoms with E-state index in [-0.39, 0.29) is 0 Å². The van der Waals surface area contributed by atoms with Gasteiger partial charge in [0.2, 0.25) is 0 Å².